The van der Waals surface area contributed by atoms with Crippen molar-refractivity contribution in [3.63, 3.8) is 0 Å². The molecule has 9 nitrogen and oxygen atoms in total. The molecule has 26 heavy (non-hydrogen) atoms. The number of nitrogens with zero attached hydrogens (tertiary/aromatic N) is 4. The Bertz CT molecular complexity index is 670. The Morgan fingerprint density at radius 1 is 1.38 bits per heavy atom. The number of carbonyl (C=O) groups excluding carboxylic acids is 2. The lowest BCUT2D eigenvalue weighted by Gasteiger charge is -2.39. The molecule has 2 rings (SSSR count). The second kappa shape index (κ2) is 7.80. The molecule has 0 atom stereocenters. The SMILES string of the molecule is [B]c1cnc(N)nc1N(NC(=O)OC(C)(C)C)C1CCN(C(C)=O)CC1. The van der Waals surface area contributed by atoms with E-state index in [0.29, 0.717) is 31.7 Å². The average Bonchev–Trinajstić information content (AvgIpc) is 2.53. The molecule has 2 radical (unpaired) electrons. The first-order chi connectivity index (χ1) is 12.1. The molecule has 1 aliphatic rings. The number of piperidine rings is 1. The first-order valence-electron chi connectivity index (χ1n) is 8.49. The minimum atomic E-state index is -0.649. The van der Waals surface area contributed by atoms with Crippen molar-refractivity contribution in [1.29, 1.82) is 0 Å². The number of hydrogen-bond donors (Lipinski definition) is 2. The van der Waals surface area contributed by atoms with Gasteiger partial charge in [0.2, 0.25) is 11.9 Å². The number of ether oxygens (including phenoxy) is 1. The first-order valence-corrected chi connectivity index (χ1v) is 8.49. The van der Waals surface area contributed by atoms with Gasteiger partial charge in [-0.3, -0.25) is 9.80 Å². The fourth-order valence-corrected chi connectivity index (χ4v) is 2.74. The minimum Gasteiger partial charge on any atom is -0.443 e. The van der Waals surface area contributed by atoms with Crippen molar-refractivity contribution < 1.29 is 14.3 Å². The number of nitrogens with one attached hydrogen (secondary N) is 1. The number of likely N-dealkylation sites (tertiary alicyclic amines) is 1. The van der Waals surface area contributed by atoms with Crippen LogP contribution in [0.25, 0.3) is 0 Å². The van der Waals surface area contributed by atoms with Crippen molar-refractivity contribution in [2.24, 2.45) is 0 Å². The molecule has 0 aromatic carbocycles. The van der Waals surface area contributed by atoms with E-state index < -0.39 is 11.7 Å². The van der Waals surface area contributed by atoms with Gasteiger partial charge in [0.15, 0.2) is 0 Å². The number of nitrogens with two attached hydrogens (primary N) is 1. The zero-order valence-electron chi connectivity index (χ0n) is 15.7. The van der Waals surface area contributed by atoms with E-state index in [1.807, 2.05) is 0 Å². The van der Waals surface area contributed by atoms with Crippen molar-refractivity contribution in [2.45, 2.75) is 52.2 Å². The van der Waals surface area contributed by atoms with Crippen LogP contribution in [0, 0.1) is 0 Å². The standard InChI is InChI=1S/C16H25BN6O3/c1-10(24)22-7-5-11(6-8-22)23(21-15(25)26-16(2,3)4)13-12(17)9-19-14(18)20-13/h9,11H,5-8H2,1-4H3,(H,21,25)(H2,18,19,20). The number of hydrogen-bond acceptors (Lipinski definition) is 7. The Morgan fingerprint density at radius 2 is 2.00 bits per heavy atom. The van der Waals surface area contributed by atoms with Crippen LogP contribution in [0.2, 0.25) is 0 Å². The van der Waals surface area contributed by atoms with Crippen LogP contribution in [0.3, 0.4) is 0 Å². The molecule has 1 aliphatic heterocycles. The number of nitrogen functional groups attached to an aromatic ring is 1. The highest BCUT2D eigenvalue weighted by molar-refractivity contribution is 6.35. The molecule has 2 heterocycles. The highest BCUT2D eigenvalue weighted by Gasteiger charge is 2.30. The van der Waals surface area contributed by atoms with Gasteiger partial charge in [-0.2, -0.15) is 4.98 Å². The van der Waals surface area contributed by atoms with Gasteiger partial charge >= 0.3 is 6.09 Å². The van der Waals surface area contributed by atoms with E-state index in [1.54, 1.807) is 37.6 Å². The zero-order chi connectivity index (χ0) is 19.5. The van der Waals surface area contributed by atoms with Gasteiger partial charge in [-0.05, 0) is 39.1 Å². The molecular weight excluding hydrogens is 335 g/mol. The summed E-state index contributed by atoms with van der Waals surface area (Å²) in [4.78, 5) is 33.6. The third kappa shape index (κ3) is 5.24. The maximum absolute atomic E-state index is 12.3. The smallest absolute Gasteiger partial charge is 0.426 e. The van der Waals surface area contributed by atoms with Crippen LogP contribution in [0.5, 0.6) is 0 Å². The van der Waals surface area contributed by atoms with E-state index in [4.69, 9.17) is 18.3 Å². The summed E-state index contributed by atoms with van der Waals surface area (Å²) in [5.41, 5.74) is 8.04. The fourth-order valence-electron chi connectivity index (χ4n) is 2.74. The summed E-state index contributed by atoms with van der Waals surface area (Å²) >= 11 is 0. The summed E-state index contributed by atoms with van der Waals surface area (Å²) in [6.45, 7) is 8.03. The number of amides is 2. The molecule has 1 fully saturated rings. The second-order valence-electron chi connectivity index (χ2n) is 7.23. The molecule has 0 spiro atoms. The number of anilines is 2. The second-order valence-corrected chi connectivity index (χ2v) is 7.23. The van der Waals surface area contributed by atoms with E-state index in [9.17, 15) is 9.59 Å². The van der Waals surface area contributed by atoms with Gasteiger partial charge in [-0.25, -0.2) is 15.2 Å². The number of aromatic nitrogens is 2. The molecule has 0 aliphatic carbocycles. The summed E-state index contributed by atoms with van der Waals surface area (Å²) < 4.78 is 5.34. The maximum Gasteiger partial charge on any atom is 0.426 e. The van der Waals surface area contributed by atoms with Gasteiger partial charge in [0.05, 0.1) is 6.04 Å². The van der Waals surface area contributed by atoms with E-state index in [0.717, 1.165) is 0 Å². The van der Waals surface area contributed by atoms with Gasteiger partial charge in [0, 0.05) is 26.2 Å². The number of carbonyl (C=O) groups is 2. The summed E-state index contributed by atoms with van der Waals surface area (Å²) in [6.07, 6.45) is 2.05. The van der Waals surface area contributed by atoms with E-state index in [-0.39, 0.29) is 23.4 Å². The molecule has 3 N–H and O–H groups in total. The lowest BCUT2D eigenvalue weighted by atomic mass is 9.97. The van der Waals surface area contributed by atoms with Gasteiger partial charge in [-0.1, -0.05) is 0 Å². The molecule has 1 saturated heterocycles. The molecule has 0 saturated carbocycles. The van der Waals surface area contributed by atoms with Crippen LogP contribution in [0.15, 0.2) is 6.20 Å². The van der Waals surface area contributed by atoms with Crippen LogP contribution < -0.4 is 21.6 Å². The first kappa shape index (κ1) is 19.8. The van der Waals surface area contributed by atoms with Crippen molar-refractivity contribution in [3.05, 3.63) is 6.20 Å². The van der Waals surface area contributed by atoms with Crippen LogP contribution in [0.4, 0.5) is 16.6 Å². The normalized spacial score (nSPS) is 15.5. The molecule has 2 amide bonds. The Hall–Kier alpha value is -2.52. The van der Waals surface area contributed by atoms with Crippen molar-refractivity contribution in [3.8, 4) is 0 Å². The van der Waals surface area contributed by atoms with Crippen LogP contribution in [-0.4, -0.2) is 59.4 Å². The molecule has 10 heteroatoms. The lowest BCUT2D eigenvalue weighted by molar-refractivity contribution is -0.129. The molecule has 1 aromatic rings. The van der Waals surface area contributed by atoms with Crippen molar-refractivity contribution >= 4 is 37.1 Å². The minimum absolute atomic E-state index is 0.0286. The maximum atomic E-state index is 12.3. The van der Waals surface area contributed by atoms with Crippen LogP contribution in [-0.2, 0) is 9.53 Å². The predicted octanol–water partition coefficient (Wildman–Crippen LogP) is 0.110. The Kier molecular flexibility index (Phi) is 5.94. The summed E-state index contributed by atoms with van der Waals surface area (Å²) in [5, 5.41) is 1.57. The average molecular weight is 360 g/mol. The quantitative estimate of drug-likeness (QED) is 0.581. The zero-order valence-corrected chi connectivity index (χ0v) is 15.7. The Morgan fingerprint density at radius 3 is 2.54 bits per heavy atom. The monoisotopic (exact) mass is 360 g/mol. The third-order valence-corrected chi connectivity index (χ3v) is 3.93. The Labute approximate surface area is 154 Å². The third-order valence-electron chi connectivity index (χ3n) is 3.93. The van der Waals surface area contributed by atoms with Gasteiger partial charge in [0.25, 0.3) is 0 Å². The summed E-state index contributed by atoms with van der Waals surface area (Å²) in [7, 11) is 6.00. The molecule has 0 bridgehead atoms. The topological polar surface area (TPSA) is 114 Å². The molecule has 140 valence electrons. The predicted molar refractivity (Wildman–Crippen MR) is 99.0 cm³/mol. The van der Waals surface area contributed by atoms with Crippen molar-refractivity contribution in [1.82, 2.24) is 20.3 Å². The largest absolute Gasteiger partial charge is 0.443 e. The molecule has 0 unspecified atom stereocenters. The lowest BCUT2D eigenvalue weighted by Crippen LogP contribution is -2.55. The fraction of sp³-hybridized carbons (Fsp3) is 0.625. The van der Waals surface area contributed by atoms with Gasteiger partial charge < -0.3 is 15.4 Å². The van der Waals surface area contributed by atoms with Crippen LogP contribution in [0.1, 0.15) is 40.5 Å². The van der Waals surface area contributed by atoms with E-state index in [2.05, 4.69) is 15.4 Å². The van der Waals surface area contributed by atoms with E-state index in [1.165, 1.54) is 6.20 Å². The van der Waals surface area contributed by atoms with Gasteiger partial charge in [-0.15, -0.1) is 0 Å². The highest BCUT2D eigenvalue weighted by Crippen LogP contribution is 2.20. The summed E-state index contributed by atoms with van der Waals surface area (Å²) in [5.74, 6) is 0.386. The van der Waals surface area contributed by atoms with Crippen LogP contribution >= 0.6 is 0 Å². The Balaban J connectivity index is 2.23. The van der Waals surface area contributed by atoms with Crippen molar-refractivity contribution in [2.75, 3.05) is 23.8 Å². The molecule has 1 aromatic heterocycles. The van der Waals surface area contributed by atoms with E-state index >= 15 is 0 Å². The summed E-state index contributed by atoms with van der Waals surface area (Å²) in [6, 6.07) is -0.116. The van der Waals surface area contributed by atoms with Gasteiger partial charge in [0.1, 0.15) is 19.3 Å². The number of hydrazine groups is 1. The molecular formula is C16H25BN6O3. The highest BCUT2D eigenvalue weighted by atomic mass is 16.6. The number of rotatable bonds is 3.